The summed E-state index contributed by atoms with van der Waals surface area (Å²) in [6.45, 7) is 5.25. The summed E-state index contributed by atoms with van der Waals surface area (Å²) in [5, 5.41) is 15.9. The van der Waals surface area contributed by atoms with E-state index in [1.807, 2.05) is 18.2 Å². The van der Waals surface area contributed by atoms with Crippen LogP contribution in [0, 0.1) is 0 Å². The van der Waals surface area contributed by atoms with E-state index in [1.54, 1.807) is 6.92 Å². The molecule has 2 aliphatic heterocycles. The number of H-pyrrole nitrogens is 1. The van der Waals surface area contributed by atoms with Crippen molar-refractivity contribution in [2.45, 2.75) is 38.8 Å². The van der Waals surface area contributed by atoms with E-state index in [4.69, 9.17) is 0 Å². The van der Waals surface area contributed by atoms with Crippen LogP contribution in [0.5, 0.6) is 0 Å². The summed E-state index contributed by atoms with van der Waals surface area (Å²) in [5.74, 6) is -0.593. The topological polar surface area (TPSA) is 102 Å². The smallest absolute Gasteiger partial charge is 0.272 e. The zero-order valence-electron chi connectivity index (χ0n) is 16.5. The molecule has 1 atom stereocenters. The molecule has 4 rings (SSSR count). The molecule has 1 unspecified atom stereocenters. The number of hydrogen-bond donors (Lipinski definition) is 4. The van der Waals surface area contributed by atoms with Gasteiger partial charge in [-0.25, -0.2) is 0 Å². The van der Waals surface area contributed by atoms with Crippen molar-refractivity contribution >= 4 is 35.6 Å². The highest BCUT2D eigenvalue weighted by atomic mass is 35.5. The molecule has 0 radical (unpaired) electrons. The molecule has 1 saturated heterocycles. The second-order valence-electron chi connectivity index (χ2n) is 7.38. The lowest BCUT2D eigenvalue weighted by atomic mass is 10.1. The minimum atomic E-state index is -0.674. The molecule has 9 heteroatoms. The predicted octanol–water partition coefficient (Wildman–Crippen LogP) is 1.83. The van der Waals surface area contributed by atoms with Crippen LogP contribution in [0.15, 0.2) is 24.3 Å². The molecule has 2 aliphatic rings. The first-order valence-electron chi connectivity index (χ1n) is 9.85. The summed E-state index contributed by atoms with van der Waals surface area (Å²) < 4.78 is 0. The van der Waals surface area contributed by atoms with Crippen LogP contribution < -0.4 is 20.9 Å². The Bertz CT molecular complexity index is 878. The van der Waals surface area contributed by atoms with Crippen LogP contribution in [-0.2, 0) is 17.8 Å². The molecule has 0 saturated carbocycles. The van der Waals surface area contributed by atoms with Crippen molar-refractivity contribution in [3.05, 3.63) is 41.2 Å². The van der Waals surface area contributed by atoms with Crippen molar-refractivity contribution in [3.63, 3.8) is 0 Å². The molecule has 1 aromatic heterocycles. The van der Waals surface area contributed by atoms with Crippen molar-refractivity contribution in [1.82, 2.24) is 20.8 Å². The number of amides is 2. The van der Waals surface area contributed by atoms with Crippen molar-refractivity contribution in [1.29, 1.82) is 0 Å². The first-order chi connectivity index (χ1) is 13.6. The van der Waals surface area contributed by atoms with E-state index in [1.165, 1.54) is 12.8 Å². The average molecular weight is 419 g/mol. The maximum Gasteiger partial charge on any atom is 0.272 e. The van der Waals surface area contributed by atoms with Gasteiger partial charge in [0.15, 0.2) is 5.69 Å². The van der Waals surface area contributed by atoms with E-state index in [-0.39, 0.29) is 24.2 Å². The second-order valence-corrected chi connectivity index (χ2v) is 7.38. The molecule has 4 N–H and O–H groups in total. The van der Waals surface area contributed by atoms with E-state index < -0.39 is 6.04 Å². The highest BCUT2D eigenvalue weighted by Crippen LogP contribution is 2.23. The second kappa shape index (κ2) is 9.28. The molecule has 2 amide bonds. The van der Waals surface area contributed by atoms with Crippen LogP contribution in [0.25, 0.3) is 0 Å². The summed E-state index contributed by atoms with van der Waals surface area (Å²) in [6.07, 6.45) is 3.22. The fourth-order valence-electron chi connectivity index (χ4n) is 3.75. The number of carbonyl (C=O) groups excluding carboxylic acids is 2. The van der Waals surface area contributed by atoms with Gasteiger partial charge in [0.1, 0.15) is 6.04 Å². The Hall–Kier alpha value is -2.58. The van der Waals surface area contributed by atoms with Gasteiger partial charge in [-0.3, -0.25) is 14.7 Å². The van der Waals surface area contributed by atoms with E-state index in [2.05, 4.69) is 37.1 Å². The van der Waals surface area contributed by atoms with Gasteiger partial charge in [-0.2, -0.15) is 5.10 Å². The average Bonchev–Trinajstić information content (AvgIpc) is 3.38. The Kier molecular flexibility index (Phi) is 6.76. The fraction of sp³-hybridized carbons (Fsp3) is 0.450. The Morgan fingerprint density at radius 3 is 2.83 bits per heavy atom. The molecule has 3 heterocycles. The molecule has 8 nitrogen and oxygen atoms in total. The first-order valence-corrected chi connectivity index (χ1v) is 9.85. The number of carbonyl (C=O) groups is 2. The number of anilines is 2. The Labute approximate surface area is 176 Å². The highest BCUT2D eigenvalue weighted by molar-refractivity contribution is 6.01. The van der Waals surface area contributed by atoms with E-state index >= 15 is 0 Å². The van der Waals surface area contributed by atoms with Crippen molar-refractivity contribution in [2.75, 3.05) is 29.9 Å². The molecular weight excluding hydrogens is 392 g/mol. The normalized spacial score (nSPS) is 16.5. The molecule has 2 aromatic rings. The van der Waals surface area contributed by atoms with Gasteiger partial charge in [0.05, 0.1) is 0 Å². The largest absolute Gasteiger partial charge is 0.371 e. The minimum absolute atomic E-state index is 0. The van der Waals surface area contributed by atoms with Crippen molar-refractivity contribution < 1.29 is 9.59 Å². The number of aromatic amines is 1. The number of aromatic nitrogens is 2. The van der Waals surface area contributed by atoms with Gasteiger partial charge >= 0.3 is 0 Å². The summed E-state index contributed by atoms with van der Waals surface area (Å²) in [7, 11) is 0. The van der Waals surface area contributed by atoms with Gasteiger partial charge in [-0.15, -0.1) is 12.4 Å². The SMILES string of the molecule is CC(NC(=O)c1n[nH]c2c1CNCC2)C(=O)Nc1cccc(N2CCCC2)c1.Cl. The van der Waals surface area contributed by atoms with Gasteiger partial charge in [-0.1, -0.05) is 6.07 Å². The van der Waals surface area contributed by atoms with E-state index in [0.717, 1.165) is 48.7 Å². The van der Waals surface area contributed by atoms with Crippen LogP contribution in [0.3, 0.4) is 0 Å². The van der Waals surface area contributed by atoms with Gasteiger partial charge in [0.25, 0.3) is 5.91 Å². The van der Waals surface area contributed by atoms with E-state index in [9.17, 15) is 9.59 Å². The predicted molar refractivity (Wildman–Crippen MR) is 115 cm³/mol. The third kappa shape index (κ3) is 4.71. The number of nitrogens with one attached hydrogen (secondary N) is 4. The Morgan fingerprint density at radius 1 is 1.24 bits per heavy atom. The van der Waals surface area contributed by atoms with Crippen molar-refractivity contribution in [2.24, 2.45) is 0 Å². The number of hydrogen-bond acceptors (Lipinski definition) is 5. The lowest BCUT2D eigenvalue weighted by Crippen LogP contribution is -2.42. The third-order valence-electron chi connectivity index (χ3n) is 5.35. The summed E-state index contributed by atoms with van der Waals surface area (Å²) in [5.41, 5.74) is 4.08. The fourth-order valence-corrected chi connectivity index (χ4v) is 3.75. The molecule has 156 valence electrons. The van der Waals surface area contributed by atoms with Crippen LogP contribution in [0.1, 0.15) is 41.5 Å². The molecule has 0 aliphatic carbocycles. The molecular formula is C20H27ClN6O2. The molecule has 1 fully saturated rings. The van der Waals surface area contributed by atoms with Crippen molar-refractivity contribution in [3.8, 4) is 0 Å². The number of benzene rings is 1. The Balaban J connectivity index is 0.00000240. The zero-order chi connectivity index (χ0) is 19.5. The number of nitrogens with zero attached hydrogens (tertiary/aromatic N) is 2. The van der Waals surface area contributed by atoms with Gasteiger partial charge in [0.2, 0.25) is 5.91 Å². The lowest BCUT2D eigenvalue weighted by Gasteiger charge is -2.19. The monoisotopic (exact) mass is 418 g/mol. The van der Waals surface area contributed by atoms with Gasteiger partial charge < -0.3 is 20.9 Å². The van der Waals surface area contributed by atoms with Crippen LogP contribution in [0.2, 0.25) is 0 Å². The summed E-state index contributed by atoms with van der Waals surface area (Å²) >= 11 is 0. The first kappa shape index (κ1) is 21.1. The Morgan fingerprint density at radius 2 is 2.03 bits per heavy atom. The number of halogens is 1. The third-order valence-corrected chi connectivity index (χ3v) is 5.35. The standard InChI is InChI=1S/C20H26N6O2.ClH/c1-13(22-20(28)18-16-12-21-8-7-17(16)24-25-18)19(27)23-14-5-4-6-15(11-14)26-9-2-3-10-26;/h4-6,11,13,21H,2-3,7-10,12H2,1H3,(H,22,28)(H,23,27)(H,24,25);1H. The lowest BCUT2D eigenvalue weighted by molar-refractivity contribution is -0.117. The number of fused-ring (bicyclic) bond motifs is 1. The van der Waals surface area contributed by atoms with Crippen LogP contribution in [-0.4, -0.2) is 47.7 Å². The maximum absolute atomic E-state index is 12.6. The quantitative estimate of drug-likeness (QED) is 0.593. The van der Waals surface area contributed by atoms with Gasteiger partial charge in [0, 0.05) is 55.2 Å². The zero-order valence-corrected chi connectivity index (χ0v) is 17.3. The minimum Gasteiger partial charge on any atom is -0.371 e. The summed E-state index contributed by atoms with van der Waals surface area (Å²) in [6, 6.07) is 7.16. The summed E-state index contributed by atoms with van der Waals surface area (Å²) in [4.78, 5) is 27.4. The number of rotatable bonds is 5. The van der Waals surface area contributed by atoms with Crippen LogP contribution >= 0.6 is 12.4 Å². The molecule has 29 heavy (non-hydrogen) atoms. The molecule has 0 bridgehead atoms. The van der Waals surface area contributed by atoms with Gasteiger partial charge in [-0.05, 0) is 38.0 Å². The highest BCUT2D eigenvalue weighted by Gasteiger charge is 2.24. The molecule has 1 aromatic carbocycles. The van der Waals surface area contributed by atoms with Crippen LogP contribution in [0.4, 0.5) is 11.4 Å². The molecule has 0 spiro atoms. The van der Waals surface area contributed by atoms with E-state index in [0.29, 0.717) is 12.2 Å². The maximum atomic E-state index is 12.6.